The Kier molecular flexibility index (Phi) is 9.91. The van der Waals surface area contributed by atoms with Gasteiger partial charge in [-0.1, -0.05) is 35.6 Å². The first-order valence-corrected chi connectivity index (χ1v) is 15.8. The van der Waals surface area contributed by atoms with Crippen LogP contribution in [0.3, 0.4) is 0 Å². The van der Waals surface area contributed by atoms with Gasteiger partial charge in [0, 0.05) is 51.4 Å². The van der Waals surface area contributed by atoms with Gasteiger partial charge in [-0.3, -0.25) is 14.0 Å². The lowest BCUT2D eigenvalue weighted by atomic mass is 10.1. The molecule has 0 aliphatic carbocycles. The molecule has 2 heterocycles. The van der Waals surface area contributed by atoms with Crippen LogP contribution in [-0.2, 0) is 10.0 Å². The third-order valence-electron chi connectivity index (χ3n) is 7.47. The van der Waals surface area contributed by atoms with Gasteiger partial charge in [0.2, 0.25) is 0 Å². The van der Waals surface area contributed by atoms with Gasteiger partial charge in [0.05, 0.1) is 20.8 Å². The van der Waals surface area contributed by atoms with E-state index in [1.165, 1.54) is 32.3 Å². The number of benzene rings is 3. The van der Waals surface area contributed by atoms with E-state index in [0.29, 0.717) is 24.3 Å². The molecule has 8 nitrogen and oxygen atoms in total. The molecule has 1 fully saturated rings. The predicted octanol–water partition coefficient (Wildman–Crippen LogP) is 5.10. The van der Waals surface area contributed by atoms with Crippen molar-refractivity contribution >= 4 is 60.7 Å². The maximum absolute atomic E-state index is 13.2. The van der Waals surface area contributed by atoms with Crippen molar-refractivity contribution in [1.29, 1.82) is 0 Å². The fourth-order valence-electron chi connectivity index (χ4n) is 4.93. The Bertz CT molecular complexity index is 1590. The van der Waals surface area contributed by atoms with Crippen LogP contribution in [0.4, 0.5) is 10.8 Å². The Morgan fingerprint density at radius 1 is 0.976 bits per heavy atom. The van der Waals surface area contributed by atoms with E-state index in [1.807, 2.05) is 18.2 Å². The monoisotopic (exact) mass is 613 g/mol. The van der Waals surface area contributed by atoms with Crippen molar-refractivity contribution in [2.45, 2.75) is 25.7 Å². The number of amides is 1. The zero-order valence-corrected chi connectivity index (χ0v) is 26.0. The summed E-state index contributed by atoms with van der Waals surface area (Å²) >= 11 is 1.75. The second kappa shape index (κ2) is 13.2. The molecule has 0 unspecified atom stereocenters. The molecule has 1 saturated heterocycles. The van der Waals surface area contributed by atoms with Gasteiger partial charge in [-0.05, 0) is 74.4 Å². The Balaban J connectivity index is 0.00000387. The molecule has 218 valence electrons. The molecule has 41 heavy (non-hydrogen) atoms. The second-order valence-corrected chi connectivity index (χ2v) is 12.8. The van der Waals surface area contributed by atoms with Gasteiger partial charge >= 0.3 is 0 Å². The van der Waals surface area contributed by atoms with Crippen molar-refractivity contribution in [2.75, 3.05) is 55.0 Å². The summed E-state index contributed by atoms with van der Waals surface area (Å²) in [5.74, 6) is -0.210. The maximum Gasteiger partial charge on any atom is 0.264 e. The average molecular weight is 614 g/mol. The molecule has 1 amide bonds. The summed E-state index contributed by atoms with van der Waals surface area (Å²) < 4.78 is 29.0. The number of piperazine rings is 1. The van der Waals surface area contributed by atoms with Gasteiger partial charge in [-0.25, -0.2) is 13.4 Å². The quantitative estimate of drug-likeness (QED) is 0.283. The van der Waals surface area contributed by atoms with Crippen molar-refractivity contribution in [3.8, 4) is 0 Å². The van der Waals surface area contributed by atoms with E-state index in [-0.39, 0.29) is 23.2 Å². The molecule has 0 saturated carbocycles. The highest BCUT2D eigenvalue weighted by Gasteiger charge is 2.24. The minimum atomic E-state index is -3.73. The van der Waals surface area contributed by atoms with Crippen LogP contribution in [0.15, 0.2) is 71.6 Å². The summed E-state index contributed by atoms with van der Waals surface area (Å²) in [5, 5.41) is 4.05. The van der Waals surface area contributed by atoms with Gasteiger partial charge in [-0.15, -0.1) is 12.4 Å². The van der Waals surface area contributed by atoms with Crippen molar-refractivity contribution in [2.24, 2.45) is 0 Å². The number of halogens is 1. The van der Waals surface area contributed by atoms with Crippen LogP contribution in [0.5, 0.6) is 0 Å². The van der Waals surface area contributed by atoms with E-state index in [9.17, 15) is 13.2 Å². The van der Waals surface area contributed by atoms with Crippen LogP contribution >= 0.6 is 23.7 Å². The van der Waals surface area contributed by atoms with Crippen LogP contribution < -0.4 is 14.5 Å². The zero-order valence-electron chi connectivity index (χ0n) is 23.5. The molecule has 5 rings (SSSR count). The maximum atomic E-state index is 13.2. The summed E-state index contributed by atoms with van der Waals surface area (Å²) in [6, 6.07) is 19.5. The zero-order chi connectivity index (χ0) is 28.3. The molecule has 0 bridgehead atoms. The number of carbonyl (C=O) groups excluding carboxylic acids is 1. The number of nitrogens with zero attached hydrogens (tertiary/aromatic N) is 4. The van der Waals surface area contributed by atoms with E-state index >= 15 is 0 Å². The first-order chi connectivity index (χ1) is 19.3. The number of fused-ring (bicyclic) bond motifs is 1. The topological polar surface area (TPSA) is 85.8 Å². The number of para-hydroxylation sites is 1. The molecule has 1 aliphatic rings. The van der Waals surface area contributed by atoms with E-state index < -0.39 is 10.0 Å². The van der Waals surface area contributed by atoms with Crippen LogP contribution in [0.1, 0.15) is 28.4 Å². The highest BCUT2D eigenvalue weighted by Crippen LogP contribution is 2.32. The molecule has 4 aromatic rings. The van der Waals surface area contributed by atoms with E-state index in [4.69, 9.17) is 4.98 Å². The number of aryl methyl sites for hydroxylation is 2. The third-order valence-corrected chi connectivity index (χ3v) is 10.5. The van der Waals surface area contributed by atoms with Crippen molar-refractivity contribution in [3.05, 3.63) is 83.4 Å². The smallest absolute Gasteiger partial charge is 0.264 e. The van der Waals surface area contributed by atoms with Crippen LogP contribution in [0.2, 0.25) is 0 Å². The molecule has 3 aromatic carbocycles. The first kappa shape index (κ1) is 30.8. The number of sulfonamides is 1. The summed E-state index contributed by atoms with van der Waals surface area (Å²) in [6.45, 7) is 11.3. The summed E-state index contributed by atoms with van der Waals surface area (Å²) in [5.41, 5.74) is 4.67. The fraction of sp³-hybridized carbons (Fsp3) is 0.333. The number of nitrogens with one attached hydrogen (secondary N) is 1. The Morgan fingerprint density at radius 3 is 2.32 bits per heavy atom. The molecular formula is C30H36ClN5O3S2. The molecule has 11 heteroatoms. The predicted molar refractivity (Wildman–Crippen MR) is 170 cm³/mol. The van der Waals surface area contributed by atoms with Crippen molar-refractivity contribution in [1.82, 2.24) is 15.2 Å². The molecule has 1 aliphatic heterocycles. The summed E-state index contributed by atoms with van der Waals surface area (Å²) in [7, 11) is -3.73. The van der Waals surface area contributed by atoms with Crippen LogP contribution in [0.25, 0.3) is 10.2 Å². The number of anilines is 2. The lowest BCUT2D eigenvalue weighted by molar-refractivity contribution is 0.0947. The standard InChI is InChI=1S/C30H35N5O3S2.ClH/c1-4-35(25-8-6-5-7-9-25)40(37,38)26-13-11-24(12-14-26)29(36)31-16-17-33-18-20-34(21-19-33)30-32-28-23(3)22(2)10-15-27(28)39-30;/h5-15H,4,16-21H2,1-3H3,(H,31,36);1H. The van der Waals surface area contributed by atoms with Gasteiger partial charge in [-0.2, -0.15) is 0 Å². The van der Waals surface area contributed by atoms with Crippen molar-refractivity contribution < 1.29 is 13.2 Å². The minimum absolute atomic E-state index is 0. The molecule has 1 N–H and O–H groups in total. The number of aromatic nitrogens is 1. The molecule has 0 radical (unpaired) electrons. The SMILES string of the molecule is CCN(c1ccccc1)S(=O)(=O)c1ccc(C(=O)NCCN2CCN(c3nc4c(C)c(C)ccc4s3)CC2)cc1.Cl. The van der Waals surface area contributed by atoms with Gasteiger partial charge in [0.15, 0.2) is 5.13 Å². The lowest BCUT2D eigenvalue weighted by Crippen LogP contribution is -2.48. The number of hydrogen-bond donors (Lipinski definition) is 1. The largest absolute Gasteiger partial charge is 0.351 e. The molecule has 1 aromatic heterocycles. The van der Waals surface area contributed by atoms with Gasteiger partial charge in [0.25, 0.3) is 15.9 Å². The van der Waals surface area contributed by atoms with E-state index in [2.05, 4.69) is 41.1 Å². The number of hydrogen-bond acceptors (Lipinski definition) is 7. The summed E-state index contributed by atoms with van der Waals surface area (Å²) in [6.07, 6.45) is 0. The van der Waals surface area contributed by atoms with E-state index in [0.717, 1.165) is 43.4 Å². The van der Waals surface area contributed by atoms with Crippen LogP contribution in [0, 0.1) is 13.8 Å². The van der Waals surface area contributed by atoms with Gasteiger partial charge in [0.1, 0.15) is 0 Å². The van der Waals surface area contributed by atoms with Crippen LogP contribution in [-0.4, -0.2) is 70.0 Å². The average Bonchev–Trinajstić information content (AvgIpc) is 3.41. The Hall–Kier alpha value is -3.18. The lowest BCUT2D eigenvalue weighted by Gasteiger charge is -2.34. The highest BCUT2D eigenvalue weighted by atomic mass is 35.5. The third kappa shape index (κ3) is 6.67. The Labute approximate surface area is 252 Å². The molecular weight excluding hydrogens is 578 g/mol. The molecule has 0 atom stereocenters. The fourth-order valence-corrected chi connectivity index (χ4v) is 7.48. The Morgan fingerprint density at radius 2 is 1.66 bits per heavy atom. The normalized spacial score (nSPS) is 14.1. The minimum Gasteiger partial charge on any atom is -0.351 e. The van der Waals surface area contributed by atoms with Crippen molar-refractivity contribution in [3.63, 3.8) is 0 Å². The second-order valence-electron chi connectivity index (χ2n) is 9.96. The molecule has 0 spiro atoms. The summed E-state index contributed by atoms with van der Waals surface area (Å²) in [4.78, 5) is 22.5. The van der Waals surface area contributed by atoms with E-state index in [1.54, 1.807) is 42.5 Å². The number of rotatable bonds is 9. The number of thiazole rings is 1. The highest BCUT2D eigenvalue weighted by molar-refractivity contribution is 7.92. The first-order valence-electron chi connectivity index (χ1n) is 13.6. The van der Waals surface area contributed by atoms with Gasteiger partial charge < -0.3 is 10.2 Å². The number of carbonyl (C=O) groups is 1.